The molecule has 5 nitrogen and oxygen atoms in total. The van der Waals surface area contributed by atoms with Crippen molar-refractivity contribution >= 4 is 5.91 Å². The van der Waals surface area contributed by atoms with Gasteiger partial charge in [-0.15, -0.1) is 0 Å². The summed E-state index contributed by atoms with van der Waals surface area (Å²) in [5, 5.41) is 22.9. The normalized spacial score (nSPS) is 52.8. The van der Waals surface area contributed by atoms with Gasteiger partial charge in [0.25, 0.3) is 0 Å². The molecule has 106 valence electrons. The van der Waals surface area contributed by atoms with Gasteiger partial charge in [-0.25, -0.2) is 0 Å². The van der Waals surface area contributed by atoms with Crippen molar-refractivity contribution < 1.29 is 15.0 Å². The first-order chi connectivity index (χ1) is 9.18. The zero-order valence-corrected chi connectivity index (χ0v) is 11.1. The van der Waals surface area contributed by atoms with Crippen LogP contribution in [-0.4, -0.2) is 46.7 Å². The fourth-order valence-corrected chi connectivity index (χ4v) is 5.36. The van der Waals surface area contributed by atoms with Gasteiger partial charge in [0.15, 0.2) is 0 Å². The van der Waals surface area contributed by atoms with E-state index in [0.717, 1.165) is 32.1 Å². The van der Waals surface area contributed by atoms with E-state index in [1.807, 2.05) is 4.90 Å². The molecule has 4 rings (SSSR count). The summed E-state index contributed by atoms with van der Waals surface area (Å²) in [6.45, 7) is 0.657. The van der Waals surface area contributed by atoms with Gasteiger partial charge in [0.2, 0.25) is 5.91 Å². The van der Waals surface area contributed by atoms with Crippen LogP contribution in [0.5, 0.6) is 0 Å². The number of hydrogen-bond acceptors (Lipinski definition) is 3. The molecule has 0 aromatic rings. The average Bonchev–Trinajstić information content (AvgIpc) is 2.74. The SMILES string of the molecule is O=C1CCC2C3C(CC[NH+]2[O-])C2C(O)CCCC2N13. The predicted molar refractivity (Wildman–Crippen MR) is 68.1 cm³/mol. The molecule has 1 aliphatic carbocycles. The molecule has 3 aliphatic heterocycles. The van der Waals surface area contributed by atoms with Crippen LogP contribution in [0.15, 0.2) is 0 Å². The van der Waals surface area contributed by atoms with Crippen LogP contribution in [0.2, 0.25) is 0 Å². The second-order valence-corrected chi connectivity index (χ2v) is 6.75. The van der Waals surface area contributed by atoms with Gasteiger partial charge in [0.05, 0.1) is 18.7 Å². The van der Waals surface area contributed by atoms with Crippen LogP contribution in [0.4, 0.5) is 0 Å². The zero-order valence-electron chi connectivity index (χ0n) is 11.1. The van der Waals surface area contributed by atoms with E-state index in [0.29, 0.717) is 23.9 Å². The van der Waals surface area contributed by atoms with Gasteiger partial charge < -0.3 is 20.3 Å². The van der Waals surface area contributed by atoms with Crippen LogP contribution in [0.1, 0.15) is 38.5 Å². The zero-order chi connectivity index (χ0) is 13.1. The lowest BCUT2D eigenvalue weighted by Crippen LogP contribution is -3.15. The first-order valence-electron chi connectivity index (χ1n) is 7.70. The van der Waals surface area contributed by atoms with Gasteiger partial charge in [0.1, 0.15) is 6.04 Å². The number of aliphatic hydroxyl groups excluding tert-OH is 1. The summed E-state index contributed by atoms with van der Waals surface area (Å²) < 4.78 is 0. The van der Waals surface area contributed by atoms with Crippen molar-refractivity contribution in [3.63, 3.8) is 0 Å². The summed E-state index contributed by atoms with van der Waals surface area (Å²) in [4.78, 5) is 14.3. The van der Waals surface area contributed by atoms with Gasteiger partial charge >= 0.3 is 0 Å². The van der Waals surface area contributed by atoms with Crippen LogP contribution in [-0.2, 0) is 4.79 Å². The molecule has 3 saturated heterocycles. The molecular formula is C14H22N2O3. The molecule has 3 heterocycles. The highest BCUT2D eigenvalue weighted by Gasteiger charge is 2.60. The summed E-state index contributed by atoms with van der Waals surface area (Å²) in [5.74, 6) is 0.825. The van der Waals surface area contributed by atoms with E-state index in [1.54, 1.807) is 0 Å². The molecule has 7 unspecified atom stereocenters. The maximum atomic E-state index is 12.3. The third-order valence-corrected chi connectivity index (χ3v) is 6.01. The topological polar surface area (TPSA) is 68.0 Å². The average molecular weight is 266 g/mol. The van der Waals surface area contributed by atoms with Crippen LogP contribution in [0, 0.1) is 17.0 Å². The number of aliphatic hydroxyl groups is 1. The minimum Gasteiger partial charge on any atom is -0.634 e. The highest BCUT2D eigenvalue weighted by Crippen LogP contribution is 2.48. The Hall–Kier alpha value is -0.650. The molecule has 7 atom stereocenters. The number of nitrogens with one attached hydrogen (secondary N) is 1. The summed E-state index contributed by atoms with van der Waals surface area (Å²) >= 11 is 0. The van der Waals surface area contributed by atoms with E-state index in [-0.39, 0.29) is 36.1 Å². The van der Waals surface area contributed by atoms with Crippen LogP contribution in [0.3, 0.4) is 0 Å². The monoisotopic (exact) mass is 266 g/mol. The standard InChI is InChI=1S/C14H22N2O3/c17-11-3-1-2-9-13(11)8-6-7-15(19)10-4-5-12(18)16(9)14(8)10/h8-11,13-15,17H,1-7H2. The van der Waals surface area contributed by atoms with Crippen molar-refractivity contribution in [2.45, 2.75) is 62.8 Å². The summed E-state index contributed by atoms with van der Waals surface area (Å²) in [6.07, 6.45) is 4.76. The number of carbonyl (C=O) groups is 1. The number of carbonyl (C=O) groups excluding carboxylic acids is 1. The minimum absolute atomic E-state index is 0.0641. The number of hydrogen-bond donors (Lipinski definition) is 2. The lowest BCUT2D eigenvalue weighted by atomic mass is 9.72. The molecular weight excluding hydrogens is 244 g/mol. The maximum Gasteiger partial charge on any atom is 0.223 e. The van der Waals surface area contributed by atoms with Crippen LogP contribution < -0.4 is 5.06 Å². The lowest BCUT2D eigenvalue weighted by molar-refractivity contribution is -0.886. The Bertz CT molecular complexity index is 402. The second kappa shape index (κ2) is 4.17. The van der Waals surface area contributed by atoms with Crippen molar-refractivity contribution in [3.8, 4) is 0 Å². The molecule has 2 N–H and O–H groups in total. The molecule has 0 bridgehead atoms. The highest BCUT2D eigenvalue weighted by molar-refractivity contribution is 5.78. The summed E-state index contributed by atoms with van der Waals surface area (Å²) in [7, 11) is 0. The molecule has 0 aromatic heterocycles. The Morgan fingerprint density at radius 2 is 2.11 bits per heavy atom. The van der Waals surface area contributed by atoms with Crippen LogP contribution >= 0.6 is 0 Å². The molecule has 1 saturated carbocycles. The highest BCUT2D eigenvalue weighted by atomic mass is 16.5. The van der Waals surface area contributed by atoms with Crippen molar-refractivity contribution in [1.82, 2.24) is 4.90 Å². The van der Waals surface area contributed by atoms with Gasteiger partial charge in [0, 0.05) is 31.2 Å². The van der Waals surface area contributed by atoms with E-state index >= 15 is 0 Å². The quantitative estimate of drug-likeness (QED) is 0.569. The number of quaternary nitrogens is 1. The molecule has 0 radical (unpaired) electrons. The van der Waals surface area contributed by atoms with Gasteiger partial charge in [-0.1, -0.05) is 0 Å². The second-order valence-electron chi connectivity index (χ2n) is 6.75. The van der Waals surface area contributed by atoms with Crippen molar-refractivity contribution in [2.75, 3.05) is 6.54 Å². The number of amides is 1. The number of piperidine rings is 2. The van der Waals surface area contributed by atoms with Crippen molar-refractivity contribution in [2.24, 2.45) is 11.8 Å². The Labute approximate surface area is 113 Å². The van der Waals surface area contributed by atoms with Crippen LogP contribution in [0.25, 0.3) is 0 Å². The first kappa shape index (κ1) is 12.1. The Morgan fingerprint density at radius 1 is 1.26 bits per heavy atom. The van der Waals surface area contributed by atoms with Gasteiger partial charge in [-0.05, 0) is 25.2 Å². The van der Waals surface area contributed by atoms with E-state index in [4.69, 9.17) is 0 Å². The van der Waals surface area contributed by atoms with E-state index in [1.165, 1.54) is 0 Å². The molecule has 0 aromatic carbocycles. The lowest BCUT2D eigenvalue weighted by Gasteiger charge is -2.48. The maximum absolute atomic E-state index is 12.3. The predicted octanol–water partition coefficient (Wildman–Crippen LogP) is -0.708. The van der Waals surface area contributed by atoms with E-state index in [2.05, 4.69) is 0 Å². The molecule has 1 amide bonds. The number of rotatable bonds is 0. The van der Waals surface area contributed by atoms with E-state index < -0.39 is 0 Å². The molecule has 0 spiro atoms. The Morgan fingerprint density at radius 3 is 2.95 bits per heavy atom. The largest absolute Gasteiger partial charge is 0.634 e. The number of nitrogens with zero attached hydrogens (tertiary/aromatic N) is 1. The number of fused-ring (bicyclic) bond motifs is 3. The molecule has 4 aliphatic rings. The third-order valence-electron chi connectivity index (χ3n) is 6.01. The Kier molecular flexibility index (Phi) is 2.66. The van der Waals surface area contributed by atoms with Crippen molar-refractivity contribution in [3.05, 3.63) is 5.21 Å². The minimum atomic E-state index is -0.268. The van der Waals surface area contributed by atoms with E-state index in [9.17, 15) is 15.1 Å². The fourth-order valence-electron chi connectivity index (χ4n) is 5.36. The first-order valence-corrected chi connectivity index (χ1v) is 7.70. The smallest absolute Gasteiger partial charge is 0.223 e. The summed E-state index contributed by atoms with van der Waals surface area (Å²) in [6, 6.07) is 0.388. The summed E-state index contributed by atoms with van der Waals surface area (Å²) in [5.41, 5.74) is 0. The number of hydroxylamine groups is 2. The molecule has 19 heavy (non-hydrogen) atoms. The third kappa shape index (κ3) is 1.55. The van der Waals surface area contributed by atoms with Crippen molar-refractivity contribution in [1.29, 1.82) is 0 Å². The molecule has 5 heteroatoms. The fraction of sp³-hybridized carbons (Fsp3) is 0.929. The molecule has 4 fully saturated rings. The van der Waals surface area contributed by atoms with Gasteiger partial charge in [-0.2, -0.15) is 0 Å². The Balaban J connectivity index is 1.74. The van der Waals surface area contributed by atoms with Gasteiger partial charge in [-0.3, -0.25) is 4.79 Å².